The van der Waals surface area contributed by atoms with E-state index in [4.69, 9.17) is 13.6 Å². The predicted octanol–water partition coefficient (Wildman–Crippen LogP) is 8.68. The van der Waals surface area contributed by atoms with Crippen molar-refractivity contribution in [3.05, 3.63) is 107 Å². The quantitative estimate of drug-likeness (QED) is 0.109. The van der Waals surface area contributed by atoms with Gasteiger partial charge in [0.25, 0.3) is 0 Å². The summed E-state index contributed by atoms with van der Waals surface area (Å²) in [5.41, 5.74) is 4.59. The number of hydrogen-bond donors (Lipinski definition) is 0. The van der Waals surface area contributed by atoms with E-state index >= 15 is 0 Å². The molecule has 0 radical (unpaired) electrons. The van der Waals surface area contributed by atoms with Crippen LogP contribution in [0.5, 0.6) is 0 Å². The molecule has 0 aromatic heterocycles. The minimum atomic E-state index is -3.86. The minimum absolute atomic E-state index is 0.119. The van der Waals surface area contributed by atoms with Crippen molar-refractivity contribution in [2.75, 3.05) is 13.1 Å². The van der Waals surface area contributed by atoms with E-state index in [1.165, 1.54) is 30.4 Å². The Labute approximate surface area is 252 Å². The maximum absolute atomic E-state index is 13.6. The molecule has 6 nitrogen and oxygen atoms in total. The van der Waals surface area contributed by atoms with Crippen LogP contribution >= 0.6 is 7.82 Å². The number of benzene rings is 3. The third-order valence-electron chi connectivity index (χ3n) is 7.78. The second-order valence-corrected chi connectivity index (χ2v) is 12.7. The Kier molecular flexibility index (Phi) is 13.3. The van der Waals surface area contributed by atoms with Gasteiger partial charge in [-0.05, 0) is 54.4 Å². The number of hydrogen-bond acceptors (Lipinski definition) is 5. The fourth-order valence-corrected chi connectivity index (χ4v) is 6.54. The first kappa shape index (κ1) is 32.2. The summed E-state index contributed by atoms with van der Waals surface area (Å²) < 4.78 is 31.1. The third-order valence-corrected chi connectivity index (χ3v) is 9.22. The number of carbonyl (C=O) groups is 1. The number of nitrogens with zero attached hydrogens (tertiary/aromatic N) is 1. The van der Waals surface area contributed by atoms with Crippen LogP contribution in [0, 0.1) is 0 Å². The molecule has 7 heteroatoms. The van der Waals surface area contributed by atoms with Gasteiger partial charge < -0.3 is 4.90 Å². The second-order valence-electron chi connectivity index (χ2n) is 11.1. The van der Waals surface area contributed by atoms with Gasteiger partial charge >= 0.3 is 7.82 Å². The van der Waals surface area contributed by atoms with Crippen molar-refractivity contribution < 1.29 is 22.9 Å². The molecule has 1 aliphatic rings. The number of carbonyl (C=O) groups excluding carboxylic acids is 1. The maximum atomic E-state index is 13.6. The van der Waals surface area contributed by atoms with Crippen LogP contribution in [0.3, 0.4) is 0 Å². The monoisotopic (exact) mass is 591 g/mol. The van der Waals surface area contributed by atoms with E-state index in [0.717, 1.165) is 43.2 Å². The fraction of sp³-hybridized carbons (Fsp3) is 0.457. The van der Waals surface area contributed by atoms with Gasteiger partial charge in [-0.15, -0.1) is 0 Å². The van der Waals surface area contributed by atoms with Gasteiger partial charge in [-0.1, -0.05) is 118 Å². The topological polar surface area (TPSA) is 65.1 Å². The number of rotatable bonds is 18. The number of amides is 1. The fourth-order valence-electron chi connectivity index (χ4n) is 5.19. The van der Waals surface area contributed by atoms with Crippen molar-refractivity contribution in [3.8, 4) is 0 Å². The van der Waals surface area contributed by atoms with Gasteiger partial charge in [-0.2, -0.15) is 0 Å². The summed E-state index contributed by atoms with van der Waals surface area (Å²) in [6, 6.07) is 28.1. The van der Waals surface area contributed by atoms with Crippen molar-refractivity contribution in [1.29, 1.82) is 0 Å². The van der Waals surface area contributed by atoms with Gasteiger partial charge in [0.1, 0.15) is 0 Å². The van der Waals surface area contributed by atoms with Crippen LogP contribution in [0.15, 0.2) is 84.9 Å². The van der Waals surface area contributed by atoms with E-state index in [1.54, 1.807) is 0 Å². The molecular weight excluding hydrogens is 545 g/mol. The predicted molar refractivity (Wildman–Crippen MR) is 168 cm³/mol. The largest absolute Gasteiger partial charge is 0.475 e. The second kappa shape index (κ2) is 17.4. The Morgan fingerprint density at radius 1 is 0.738 bits per heavy atom. The molecule has 1 fully saturated rings. The standard InChI is InChI=1S/C35H46NO5P/c1-2-30-21-23-31(24-22-30)15-9-5-3-4-6-14-20-35(37)36-26-25-34(27-36)41-42(38,39-28-32-16-10-7-11-17-32)40-29-33-18-12-8-13-19-33/h7-8,10-13,16-19,21-24,34H,2-6,9,14-15,20,25-29H2,1H3/t34-/m1/s1. The molecule has 0 saturated carbocycles. The lowest BCUT2D eigenvalue weighted by atomic mass is 10.0. The van der Waals surface area contributed by atoms with Gasteiger partial charge in [-0.25, -0.2) is 4.57 Å². The molecule has 0 spiro atoms. The molecule has 226 valence electrons. The average Bonchev–Trinajstić information content (AvgIpc) is 3.50. The number of aryl methyl sites for hydroxylation is 2. The summed E-state index contributed by atoms with van der Waals surface area (Å²) in [5, 5.41) is 0. The molecule has 1 aliphatic heterocycles. The molecule has 3 aromatic rings. The Hall–Kier alpha value is -2.76. The van der Waals surface area contributed by atoms with Crippen molar-refractivity contribution in [2.45, 2.75) is 90.4 Å². The lowest BCUT2D eigenvalue weighted by Gasteiger charge is -2.22. The van der Waals surface area contributed by atoms with E-state index in [9.17, 15) is 9.36 Å². The summed E-state index contributed by atoms with van der Waals surface area (Å²) in [5.74, 6) is 0.141. The normalized spacial score (nSPS) is 15.3. The van der Waals surface area contributed by atoms with Crippen LogP contribution < -0.4 is 0 Å². The first-order valence-electron chi connectivity index (χ1n) is 15.5. The van der Waals surface area contributed by atoms with E-state index < -0.39 is 7.82 Å². The van der Waals surface area contributed by atoms with Crippen LogP contribution in [-0.4, -0.2) is 30.0 Å². The molecule has 4 rings (SSSR count). The number of phosphoric ester groups is 1. The Balaban J connectivity index is 1.14. The SMILES string of the molecule is CCc1ccc(CCCCCCCCC(=O)N2CC[C@@H](OP(=O)(OCc3ccccc3)OCc3ccccc3)C2)cc1. The summed E-state index contributed by atoms with van der Waals surface area (Å²) in [7, 11) is -3.86. The number of phosphoric acid groups is 1. The van der Waals surface area contributed by atoms with E-state index in [0.29, 0.717) is 25.9 Å². The Morgan fingerprint density at radius 3 is 1.88 bits per heavy atom. The van der Waals surface area contributed by atoms with Gasteiger partial charge in [0.2, 0.25) is 5.91 Å². The van der Waals surface area contributed by atoms with Gasteiger partial charge in [-0.3, -0.25) is 18.4 Å². The smallest absolute Gasteiger partial charge is 0.340 e. The van der Waals surface area contributed by atoms with Crippen molar-refractivity contribution in [1.82, 2.24) is 4.90 Å². The average molecular weight is 592 g/mol. The summed E-state index contributed by atoms with van der Waals surface area (Å²) in [4.78, 5) is 14.7. The summed E-state index contributed by atoms with van der Waals surface area (Å²) >= 11 is 0. The highest BCUT2D eigenvalue weighted by Gasteiger charge is 2.36. The molecular formula is C35H46NO5P. The van der Waals surface area contributed by atoms with Crippen LogP contribution in [-0.2, 0) is 49.0 Å². The van der Waals surface area contributed by atoms with Gasteiger partial charge in [0, 0.05) is 19.5 Å². The first-order valence-corrected chi connectivity index (χ1v) is 17.0. The van der Waals surface area contributed by atoms with E-state index in [1.807, 2.05) is 65.6 Å². The maximum Gasteiger partial charge on any atom is 0.475 e. The van der Waals surface area contributed by atoms with Crippen LogP contribution in [0.1, 0.15) is 80.5 Å². The van der Waals surface area contributed by atoms with E-state index in [-0.39, 0.29) is 25.2 Å². The number of unbranched alkanes of at least 4 members (excludes halogenated alkanes) is 5. The molecule has 1 heterocycles. The molecule has 1 atom stereocenters. The zero-order valence-electron chi connectivity index (χ0n) is 25.0. The highest BCUT2D eigenvalue weighted by molar-refractivity contribution is 7.48. The van der Waals surface area contributed by atoms with E-state index in [2.05, 4.69) is 31.2 Å². The molecule has 3 aromatic carbocycles. The molecule has 0 unspecified atom stereocenters. The Morgan fingerprint density at radius 2 is 1.29 bits per heavy atom. The molecule has 1 amide bonds. The highest BCUT2D eigenvalue weighted by atomic mass is 31.2. The first-order chi connectivity index (χ1) is 20.5. The van der Waals surface area contributed by atoms with Crippen molar-refractivity contribution >= 4 is 13.7 Å². The van der Waals surface area contributed by atoms with Crippen LogP contribution in [0.4, 0.5) is 0 Å². The highest BCUT2D eigenvalue weighted by Crippen LogP contribution is 2.53. The van der Waals surface area contributed by atoms with Crippen molar-refractivity contribution in [2.24, 2.45) is 0 Å². The summed E-state index contributed by atoms with van der Waals surface area (Å²) in [6.07, 6.45) is 9.79. The zero-order chi connectivity index (χ0) is 29.5. The molecule has 1 saturated heterocycles. The zero-order valence-corrected chi connectivity index (χ0v) is 25.9. The van der Waals surface area contributed by atoms with Crippen LogP contribution in [0.25, 0.3) is 0 Å². The van der Waals surface area contributed by atoms with Crippen LogP contribution in [0.2, 0.25) is 0 Å². The summed E-state index contributed by atoms with van der Waals surface area (Å²) in [6.45, 7) is 3.43. The third kappa shape index (κ3) is 11.1. The lowest BCUT2D eigenvalue weighted by Crippen LogP contribution is -2.29. The minimum Gasteiger partial charge on any atom is -0.340 e. The molecule has 0 aliphatic carbocycles. The lowest BCUT2D eigenvalue weighted by molar-refractivity contribution is -0.130. The van der Waals surface area contributed by atoms with Crippen molar-refractivity contribution in [3.63, 3.8) is 0 Å². The Bertz CT molecular complexity index is 1190. The van der Waals surface area contributed by atoms with Gasteiger partial charge in [0.15, 0.2) is 0 Å². The van der Waals surface area contributed by atoms with Gasteiger partial charge in [0.05, 0.1) is 19.3 Å². The molecule has 0 N–H and O–H groups in total. The number of likely N-dealkylation sites (tertiary alicyclic amines) is 1. The molecule has 0 bridgehead atoms. The molecule has 42 heavy (non-hydrogen) atoms.